The zero-order valence-electron chi connectivity index (χ0n) is 61.8. The standard InChI is InChI=1S/C77H101N11O16S/c1-46(2)21-24-79-40-47(3)32-52(8)73(98)85(28-13-27-84-30-25-80-45-84)41-49(5)34-53(9)74(99)86(29-22-69(94)95)42-50(6)35-54(10)75(100)87(31-26-81-55(11)89)43-48(4)33-51(7)72(97)82-23-12-14-67(92)83-63(71(78)96)44-105-66-39-68(93)88(76(66)101)56-15-18-59(62(36-56)77(102)103)70-60-19-16-57(90)37-64(60)104-65-38-58(91)17-20-61(65)70/h15-20,25,30,32-38,45-46,51-54,63,66,79,90H,12-14,21-24,26-29,31,39-44H2,1-11H3,(H2,78,96)(H,81,89)(H,82,97)(H,83,92)(H,94,95)(H,102,103)/b47-32+,48-33+,49-34+,50-35+/t51-,52-,53-,54-,63+,66?/m1/s1. The fourth-order valence-electron chi connectivity index (χ4n) is 12.4. The van der Waals surface area contributed by atoms with Gasteiger partial charge in [0.15, 0.2) is 5.43 Å². The smallest absolute Gasteiger partial charge is 0.336 e. The average molecular weight is 1470 g/mol. The third kappa shape index (κ3) is 25.6. The molecule has 0 saturated carbocycles. The lowest BCUT2D eigenvalue weighted by atomic mass is 9.90. The molecule has 1 saturated heterocycles. The number of aromatic carboxylic acids is 1. The summed E-state index contributed by atoms with van der Waals surface area (Å²) in [5.74, 6) is -8.91. The molecule has 0 spiro atoms. The van der Waals surface area contributed by atoms with Crippen molar-refractivity contribution in [2.24, 2.45) is 35.3 Å². The summed E-state index contributed by atoms with van der Waals surface area (Å²) in [5, 5.41) is 41.3. The predicted molar refractivity (Wildman–Crippen MR) is 401 cm³/mol. The van der Waals surface area contributed by atoms with E-state index in [2.05, 4.69) is 40.1 Å². The van der Waals surface area contributed by atoms with Gasteiger partial charge in [0.05, 0.1) is 52.9 Å². The number of thioether (sulfide) groups is 1. The summed E-state index contributed by atoms with van der Waals surface area (Å²) in [5.41, 5.74) is 9.18. The Hall–Kier alpha value is -10.2. The van der Waals surface area contributed by atoms with Gasteiger partial charge in [0.1, 0.15) is 23.1 Å². The highest BCUT2D eigenvalue weighted by molar-refractivity contribution is 8.00. The van der Waals surface area contributed by atoms with Crippen LogP contribution in [0.2, 0.25) is 0 Å². The van der Waals surface area contributed by atoms with Gasteiger partial charge in [-0.3, -0.25) is 52.7 Å². The number of carbonyl (C=O) groups excluding carboxylic acids is 9. The van der Waals surface area contributed by atoms with Crippen LogP contribution in [0.15, 0.2) is 129 Å². The number of aromatic nitrogens is 2. The molecule has 6 atom stereocenters. The highest BCUT2D eigenvalue weighted by atomic mass is 32.2. The molecule has 2 aliphatic heterocycles. The van der Waals surface area contributed by atoms with Crippen molar-refractivity contribution < 1.29 is 72.5 Å². The molecule has 1 fully saturated rings. The highest BCUT2D eigenvalue weighted by Crippen LogP contribution is 2.43. The van der Waals surface area contributed by atoms with Gasteiger partial charge in [0.25, 0.3) is 0 Å². The number of nitrogens with zero attached hydrogens (tertiary/aromatic N) is 6. The van der Waals surface area contributed by atoms with Crippen molar-refractivity contribution in [3.63, 3.8) is 0 Å². The van der Waals surface area contributed by atoms with Crippen molar-refractivity contribution in [2.75, 3.05) is 76.1 Å². The third-order valence-electron chi connectivity index (χ3n) is 17.6. The summed E-state index contributed by atoms with van der Waals surface area (Å²) < 4.78 is 7.86. The van der Waals surface area contributed by atoms with E-state index in [4.69, 9.17) is 10.2 Å². The molecule has 105 heavy (non-hydrogen) atoms. The number of fused-ring (bicyclic) bond motifs is 2. The van der Waals surface area contributed by atoms with Crippen LogP contribution in [0.25, 0.3) is 33.4 Å². The largest absolute Gasteiger partial charge is 0.508 e. The number of carboxylic acid groups (broad SMARTS) is 2. The van der Waals surface area contributed by atoms with Gasteiger partial charge in [0.2, 0.25) is 53.2 Å². The Morgan fingerprint density at radius 2 is 1.30 bits per heavy atom. The quantitative estimate of drug-likeness (QED) is 0.00810. The van der Waals surface area contributed by atoms with E-state index in [1.54, 1.807) is 70.3 Å². The molecule has 3 heterocycles. The summed E-state index contributed by atoms with van der Waals surface area (Å²) >= 11 is 0.911. The first kappa shape index (κ1) is 83.7. The first-order chi connectivity index (χ1) is 49.7. The predicted octanol–water partition coefficient (Wildman–Crippen LogP) is 7.55. The van der Waals surface area contributed by atoms with E-state index in [0.717, 1.165) is 40.8 Å². The molecule has 9 amide bonds. The van der Waals surface area contributed by atoms with Crippen LogP contribution in [0.3, 0.4) is 0 Å². The number of nitrogens with two attached hydrogens (primary N) is 1. The van der Waals surface area contributed by atoms with Crippen LogP contribution in [0.5, 0.6) is 5.75 Å². The number of benzene rings is 3. The molecule has 6 rings (SSSR count). The number of aromatic hydroxyl groups is 1. The number of imide groups is 1. The van der Waals surface area contributed by atoms with Crippen LogP contribution in [0.1, 0.15) is 125 Å². The average Bonchev–Trinajstić information content (AvgIpc) is 1.30. The number of nitrogens with one attached hydrogen (secondary N) is 4. The molecule has 2 aromatic carbocycles. The van der Waals surface area contributed by atoms with Gasteiger partial charge in [-0.1, -0.05) is 94.2 Å². The number of carboxylic acids is 2. The van der Waals surface area contributed by atoms with E-state index in [0.29, 0.717) is 59.6 Å². The summed E-state index contributed by atoms with van der Waals surface area (Å²) in [6, 6.07) is 11.0. The number of amides is 9. The van der Waals surface area contributed by atoms with E-state index in [-0.39, 0.29) is 146 Å². The van der Waals surface area contributed by atoms with Gasteiger partial charge in [-0.2, -0.15) is 0 Å². The van der Waals surface area contributed by atoms with Gasteiger partial charge in [-0.25, -0.2) is 14.7 Å². The number of rotatable bonds is 41. The van der Waals surface area contributed by atoms with E-state index >= 15 is 0 Å². The molecular weight excluding hydrogens is 1370 g/mol. The van der Waals surface area contributed by atoms with Crippen LogP contribution in [-0.4, -0.2) is 187 Å². The lowest BCUT2D eigenvalue weighted by Gasteiger charge is -2.28. The van der Waals surface area contributed by atoms with Crippen molar-refractivity contribution in [1.29, 1.82) is 0 Å². The second kappa shape index (κ2) is 40.2. The second-order valence-corrected chi connectivity index (χ2v) is 28.7. The van der Waals surface area contributed by atoms with E-state index < -0.39 is 70.5 Å². The SMILES string of the molecule is CC(=O)NCCN(C/C(C)=C/[C@@H](C)C(=O)NCCCC(=O)N[C@@H](CSC1CC(=O)N(c2ccc(-c3c4ccc(=O)cc-4oc4cc(O)ccc34)c(C(=O)O)c2)C1=O)C(N)=O)C(=O)[C@H](C)/C=C(\C)CN(CCC(=O)O)C(=O)[C@H](C)/C=C(\C)CN(CCCn1ccnc1)C(=O)[C@H](C)/C=C(\C)CNCCC(C)C. The number of hydrogen-bond donors (Lipinski definition) is 8. The second-order valence-electron chi connectivity index (χ2n) is 27.5. The first-order valence-corrected chi connectivity index (χ1v) is 36.4. The molecule has 27 nitrogen and oxygen atoms in total. The van der Waals surface area contributed by atoms with E-state index in [1.807, 2.05) is 42.5 Å². The van der Waals surface area contributed by atoms with Crippen LogP contribution >= 0.6 is 11.8 Å². The summed E-state index contributed by atoms with van der Waals surface area (Å²) in [4.78, 5) is 168. The minimum atomic E-state index is -1.39. The van der Waals surface area contributed by atoms with Crippen molar-refractivity contribution in [3.05, 3.63) is 136 Å². The van der Waals surface area contributed by atoms with Gasteiger partial charge < -0.3 is 66.0 Å². The van der Waals surface area contributed by atoms with Crippen LogP contribution in [0, 0.1) is 29.6 Å². The number of phenolic OH excluding ortho intramolecular Hbond substituents is 1. The highest BCUT2D eigenvalue weighted by Gasteiger charge is 2.41. The fraction of sp³-hybridized carbons (Fsp3) is 0.468. The Bertz CT molecular complexity index is 4120. The number of carbonyl (C=O) groups is 11. The van der Waals surface area contributed by atoms with Gasteiger partial charge >= 0.3 is 11.9 Å². The number of phenols is 1. The Morgan fingerprint density at radius 1 is 0.695 bits per heavy atom. The zero-order valence-corrected chi connectivity index (χ0v) is 62.6. The Balaban J connectivity index is 1.01. The lowest BCUT2D eigenvalue weighted by molar-refractivity contribution is -0.139. The molecule has 0 bridgehead atoms. The molecule has 1 aromatic heterocycles. The van der Waals surface area contributed by atoms with Gasteiger partial charge in [-0.15, -0.1) is 11.8 Å². The molecule has 1 unspecified atom stereocenters. The molecular formula is C77H101N11O16S. The van der Waals surface area contributed by atoms with Crippen molar-refractivity contribution >= 4 is 93.5 Å². The summed E-state index contributed by atoms with van der Waals surface area (Å²) in [7, 11) is 0. The number of aryl methyl sites for hydroxylation is 1. The van der Waals surface area contributed by atoms with Gasteiger partial charge in [-0.05, 0) is 101 Å². The zero-order chi connectivity index (χ0) is 77.4. The number of anilines is 1. The summed E-state index contributed by atoms with van der Waals surface area (Å²) in [6.45, 7) is 23.3. The van der Waals surface area contributed by atoms with Crippen LogP contribution in [0.4, 0.5) is 5.69 Å². The first-order valence-electron chi connectivity index (χ1n) is 35.3. The Labute approximate surface area is 616 Å². The molecule has 0 radical (unpaired) electrons. The third-order valence-corrected chi connectivity index (χ3v) is 18.9. The topological polar surface area (TPSA) is 384 Å². The maximum Gasteiger partial charge on any atom is 0.336 e. The van der Waals surface area contributed by atoms with Gasteiger partial charge in [0, 0.05) is 132 Å². The monoisotopic (exact) mass is 1470 g/mol. The molecule has 3 aromatic rings. The Morgan fingerprint density at radius 3 is 1.90 bits per heavy atom. The Kier molecular flexibility index (Phi) is 32.0. The molecule has 28 heteroatoms. The molecule has 566 valence electrons. The maximum atomic E-state index is 14.3. The fourth-order valence-corrected chi connectivity index (χ4v) is 13.6. The van der Waals surface area contributed by atoms with E-state index in [9.17, 15) is 72.9 Å². The maximum absolute atomic E-state index is 14.3. The number of hydrogen-bond acceptors (Lipinski definition) is 17. The molecule has 3 aliphatic rings. The minimum Gasteiger partial charge on any atom is -0.508 e. The normalized spacial score (nSPS) is 15.1. The van der Waals surface area contributed by atoms with Crippen LogP contribution in [-0.2, 0) is 54.5 Å². The van der Waals surface area contributed by atoms with Crippen molar-refractivity contribution in [3.8, 4) is 28.2 Å². The molecule has 1 aliphatic carbocycles. The van der Waals surface area contributed by atoms with Crippen molar-refractivity contribution in [1.82, 2.24) is 45.5 Å². The molecule has 9 N–H and O–H groups in total. The summed E-state index contributed by atoms with van der Waals surface area (Å²) in [6.07, 6.45) is 13.6. The number of primary amides is 1. The minimum absolute atomic E-state index is 0.0209. The number of imidazole rings is 1. The van der Waals surface area contributed by atoms with Crippen LogP contribution < -0.4 is 37.3 Å². The van der Waals surface area contributed by atoms with Crippen molar-refractivity contribution in [2.45, 2.75) is 133 Å². The lowest BCUT2D eigenvalue weighted by Crippen LogP contribution is -2.46. The number of aliphatic carboxylic acids is 1. The van der Waals surface area contributed by atoms with E-state index in [1.165, 1.54) is 66.4 Å².